The fourth-order valence-corrected chi connectivity index (χ4v) is 1.68. The zero-order valence-electron chi connectivity index (χ0n) is 8.70. The summed E-state index contributed by atoms with van der Waals surface area (Å²) in [5.74, 6) is 0. The third-order valence-corrected chi connectivity index (χ3v) is 2.42. The van der Waals surface area contributed by atoms with Crippen molar-refractivity contribution in [3.63, 3.8) is 0 Å². The van der Waals surface area contributed by atoms with E-state index in [0.717, 1.165) is 11.1 Å². The Bertz CT molecular complexity index is 472. The van der Waals surface area contributed by atoms with Gasteiger partial charge in [-0.25, -0.2) is 0 Å². The van der Waals surface area contributed by atoms with Crippen LogP contribution in [-0.4, -0.2) is 5.71 Å². The van der Waals surface area contributed by atoms with Crippen LogP contribution in [0.15, 0.2) is 54.6 Å². The van der Waals surface area contributed by atoms with Gasteiger partial charge in [0.15, 0.2) is 0 Å². The van der Waals surface area contributed by atoms with Crippen LogP contribution in [0.4, 0.5) is 0 Å². The molecule has 1 nitrogen and oxygen atoms in total. The lowest BCUT2D eigenvalue weighted by atomic mass is 9.97. The van der Waals surface area contributed by atoms with E-state index in [1.165, 1.54) is 5.56 Å². The van der Waals surface area contributed by atoms with Gasteiger partial charge in [0.1, 0.15) is 0 Å². The van der Waals surface area contributed by atoms with Crippen LogP contribution in [0.25, 0.3) is 11.1 Å². The zero-order chi connectivity index (χ0) is 10.7. The molecule has 0 saturated heterocycles. The molecule has 0 bridgehead atoms. The third kappa shape index (κ3) is 1.96. The van der Waals surface area contributed by atoms with E-state index in [1.807, 2.05) is 43.3 Å². The van der Waals surface area contributed by atoms with Gasteiger partial charge in [0.25, 0.3) is 0 Å². The Hall–Kier alpha value is -1.89. The van der Waals surface area contributed by atoms with Gasteiger partial charge in [0.2, 0.25) is 0 Å². The van der Waals surface area contributed by atoms with E-state index in [4.69, 9.17) is 5.41 Å². The quantitative estimate of drug-likeness (QED) is 0.706. The highest BCUT2D eigenvalue weighted by Crippen LogP contribution is 2.23. The fourth-order valence-electron chi connectivity index (χ4n) is 1.68. The minimum atomic E-state index is 0.606. The van der Waals surface area contributed by atoms with Crippen LogP contribution >= 0.6 is 0 Å². The van der Waals surface area contributed by atoms with Crippen molar-refractivity contribution in [2.75, 3.05) is 0 Å². The van der Waals surface area contributed by atoms with E-state index in [2.05, 4.69) is 18.2 Å². The summed E-state index contributed by atoms with van der Waals surface area (Å²) in [6.45, 7) is 1.82. The van der Waals surface area contributed by atoms with Gasteiger partial charge in [-0.3, -0.25) is 0 Å². The number of hydrogen-bond acceptors (Lipinski definition) is 1. The first-order valence-corrected chi connectivity index (χ1v) is 4.99. The Morgan fingerprint density at radius 3 is 2.13 bits per heavy atom. The van der Waals surface area contributed by atoms with Crippen LogP contribution in [0, 0.1) is 5.41 Å². The first kappa shape index (κ1) is 9.66. The molecule has 0 atom stereocenters. The van der Waals surface area contributed by atoms with Gasteiger partial charge in [-0.15, -0.1) is 0 Å². The second-order valence-corrected chi connectivity index (χ2v) is 3.54. The zero-order valence-corrected chi connectivity index (χ0v) is 8.70. The number of benzene rings is 2. The van der Waals surface area contributed by atoms with Crippen LogP contribution in [0.2, 0.25) is 0 Å². The predicted octanol–water partition coefficient (Wildman–Crippen LogP) is 3.74. The van der Waals surface area contributed by atoms with Gasteiger partial charge in [-0.05, 0) is 18.1 Å². The van der Waals surface area contributed by atoms with Gasteiger partial charge in [-0.2, -0.15) is 0 Å². The summed E-state index contributed by atoms with van der Waals surface area (Å²) in [5.41, 5.74) is 3.91. The number of rotatable bonds is 2. The van der Waals surface area contributed by atoms with Crippen LogP contribution < -0.4 is 0 Å². The molecular weight excluding hydrogens is 182 g/mol. The van der Waals surface area contributed by atoms with Crippen molar-refractivity contribution in [2.45, 2.75) is 6.92 Å². The standard InChI is InChI=1S/C14H13N/c1-11(15)13-9-5-6-10-14(13)12-7-3-2-4-8-12/h2-10,15H,1H3. The van der Waals surface area contributed by atoms with Crippen molar-refractivity contribution in [3.05, 3.63) is 60.2 Å². The minimum absolute atomic E-state index is 0.606. The Morgan fingerprint density at radius 1 is 0.867 bits per heavy atom. The van der Waals surface area contributed by atoms with Gasteiger partial charge in [0, 0.05) is 11.3 Å². The highest BCUT2D eigenvalue weighted by atomic mass is 14.4. The molecule has 2 aromatic carbocycles. The lowest BCUT2D eigenvalue weighted by Crippen LogP contribution is -1.95. The van der Waals surface area contributed by atoms with E-state index in [1.54, 1.807) is 0 Å². The average molecular weight is 195 g/mol. The second kappa shape index (κ2) is 4.09. The van der Waals surface area contributed by atoms with Gasteiger partial charge >= 0.3 is 0 Å². The molecule has 2 aromatic rings. The monoisotopic (exact) mass is 195 g/mol. The van der Waals surface area contributed by atoms with Crippen molar-refractivity contribution in [1.29, 1.82) is 5.41 Å². The second-order valence-electron chi connectivity index (χ2n) is 3.54. The van der Waals surface area contributed by atoms with Crippen LogP contribution in [0.3, 0.4) is 0 Å². The smallest absolute Gasteiger partial charge is 0.0361 e. The molecule has 0 fully saturated rings. The van der Waals surface area contributed by atoms with E-state index < -0.39 is 0 Å². The molecule has 0 aliphatic heterocycles. The molecule has 15 heavy (non-hydrogen) atoms. The highest BCUT2D eigenvalue weighted by molar-refractivity contribution is 6.02. The van der Waals surface area contributed by atoms with Gasteiger partial charge in [0.05, 0.1) is 0 Å². The van der Waals surface area contributed by atoms with Crippen LogP contribution in [-0.2, 0) is 0 Å². The summed E-state index contributed by atoms with van der Waals surface area (Å²) in [6.07, 6.45) is 0. The number of hydrogen-bond donors (Lipinski definition) is 1. The summed E-state index contributed by atoms with van der Waals surface area (Å²) in [5, 5.41) is 7.73. The largest absolute Gasteiger partial charge is 0.305 e. The Kier molecular flexibility index (Phi) is 2.64. The molecule has 0 heterocycles. The molecule has 2 rings (SSSR count). The summed E-state index contributed by atoms with van der Waals surface area (Å²) in [6, 6.07) is 18.2. The fraction of sp³-hybridized carbons (Fsp3) is 0.0714. The molecule has 0 unspecified atom stereocenters. The third-order valence-electron chi connectivity index (χ3n) is 2.42. The molecule has 0 aliphatic rings. The predicted molar refractivity (Wildman–Crippen MR) is 64.4 cm³/mol. The molecular formula is C14H13N. The topological polar surface area (TPSA) is 23.9 Å². The van der Waals surface area contributed by atoms with Gasteiger partial charge in [-0.1, -0.05) is 54.6 Å². The minimum Gasteiger partial charge on any atom is -0.305 e. The summed E-state index contributed by atoms with van der Waals surface area (Å²) in [7, 11) is 0. The first-order valence-electron chi connectivity index (χ1n) is 4.99. The molecule has 1 N–H and O–H groups in total. The highest BCUT2D eigenvalue weighted by Gasteiger charge is 2.04. The molecule has 0 aliphatic carbocycles. The van der Waals surface area contributed by atoms with E-state index in [0.29, 0.717) is 5.71 Å². The average Bonchev–Trinajstić information content (AvgIpc) is 2.30. The molecule has 1 heteroatoms. The number of nitrogens with one attached hydrogen (secondary N) is 1. The Morgan fingerprint density at radius 2 is 1.47 bits per heavy atom. The summed E-state index contributed by atoms with van der Waals surface area (Å²) < 4.78 is 0. The maximum atomic E-state index is 7.73. The first-order chi connectivity index (χ1) is 7.29. The van der Waals surface area contributed by atoms with Crippen LogP contribution in [0.5, 0.6) is 0 Å². The van der Waals surface area contributed by atoms with Crippen LogP contribution in [0.1, 0.15) is 12.5 Å². The van der Waals surface area contributed by atoms with E-state index >= 15 is 0 Å². The molecule has 0 radical (unpaired) electrons. The summed E-state index contributed by atoms with van der Waals surface area (Å²) in [4.78, 5) is 0. The Balaban J connectivity index is 2.58. The van der Waals surface area contributed by atoms with Crippen molar-refractivity contribution >= 4 is 5.71 Å². The normalized spacial score (nSPS) is 9.93. The van der Waals surface area contributed by atoms with Crippen molar-refractivity contribution in [1.82, 2.24) is 0 Å². The van der Waals surface area contributed by atoms with E-state index in [-0.39, 0.29) is 0 Å². The lowest BCUT2D eigenvalue weighted by molar-refractivity contribution is 1.45. The SMILES string of the molecule is CC(=N)c1ccccc1-c1ccccc1. The molecule has 74 valence electrons. The Labute approximate surface area is 89.9 Å². The summed E-state index contributed by atoms with van der Waals surface area (Å²) >= 11 is 0. The van der Waals surface area contributed by atoms with Crippen molar-refractivity contribution in [3.8, 4) is 11.1 Å². The molecule has 0 saturated carbocycles. The maximum absolute atomic E-state index is 7.73. The molecule has 0 spiro atoms. The van der Waals surface area contributed by atoms with Gasteiger partial charge < -0.3 is 5.41 Å². The van der Waals surface area contributed by atoms with E-state index in [9.17, 15) is 0 Å². The maximum Gasteiger partial charge on any atom is 0.0361 e. The van der Waals surface area contributed by atoms with Crippen molar-refractivity contribution < 1.29 is 0 Å². The van der Waals surface area contributed by atoms with Crippen molar-refractivity contribution in [2.24, 2.45) is 0 Å². The lowest BCUT2D eigenvalue weighted by Gasteiger charge is -2.07. The molecule has 0 aromatic heterocycles. The molecule has 0 amide bonds.